The van der Waals surface area contributed by atoms with Crippen LogP contribution in [0, 0.1) is 0 Å². The van der Waals surface area contributed by atoms with Gasteiger partial charge in [0.2, 0.25) is 0 Å². The molecule has 3 rings (SSSR count). The van der Waals surface area contributed by atoms with E-state index in [1.807, 2.05) is 6.07 Å². The minimum absolute atomic E-state index is 0.107. The van der Waals surface area contributed by atoms with Crippen LogP contribution in [0.5, 0.6) is 0 Å². The minimum Gasteiger partial charge on any atom is -0.477 e. The molecular formula is C16H21NO3S. The lowest BCUT2D eigenvalue weighted by molar-refractivity contribution is -0.0555. The second-order valence-corrected chi connectivity index (χ2v) is 7.11. The lowest BCUT2D eigenvalue weighted by atomic mass is 9.83. The van der Waals surface area contributed by atoms with Crippen molar-refractivity contribution in [2.45, 2.75) is 61.5 Å². The largest absolute Gasteiger partial charge is 0.477 e. The molecule has 1 unspecified atom stereocenters. The lowest BCUT2D eigenvalue weighted by Crippen LogP contribution is -2.32. The molecule has 2 fully saturated rings. The quantitative estimate of drug-likeness (QED) is 0.858. The fraction of sp³-hybridized carbons (Fsp3) is 0.625. The number of aromatic nitrogens is 1. The van der Waals surface area contributed by atoms with Crippen LogP contribution in [0.2, 0.25) is 0 Å². The van der Waals surface area contributed by atoms with Crippen molar-refractivity contribution >= 4 is 17.7 Å². The molecule has 1 N–H and O–H groups in total. The molecular weight excluding hydrogens is 286 g/mol. The van der Waals surface area contributed by atoms with Gasteiger partial charge >= 0.3 is 5.97 Å². The molecule has 1 aromatic heterocycles. The number of carbonyl (C=O) groups is 1. The van der Waals surface area contributed by atoms with Gasteiger partial charge in [-0.1, -0.05) is 19.3 Å². The van der Waals surface area contributed by atoms with Gasteiger partial charge in [-0.2, -0.15) is 0 Å². The number of nitrogens with zero attached hydrogens (tertiary/aromatic N) is 1. The Hall–Kier alpha value is -1.07. The standard InChI is InChI=1S/C16H21NO3S/c18-15(19)14-10-13(5-9-17-14)21-11-12-4-8-16(20-12)6-2-1-3-7-16/h5,9-10,12H,1-4,6-8,11H2,(H,18,19). The predicted octanol–water partition coefficient (Wildman–Crippen LogP) is 3.75. The Labute approximate surface area is 129 Å². The minimum atomic E-state index is -0.976. The molecule has 4 nitrogen and oxygen atoms in total. The highest BCUT2D eigenvalue weighted by atomic mass is 32.2. The summed E-state index contributed by atoms with van der Waals surface area (Å²) < 4.78 is 6.34. The van der Waals surface area contributed by atoms with Gasteiger partial charge in [0.05, 0.1) is 11.7 Å². The van der Waals surface area contributed by atoms with Gasteiger partial charge in [0.1, 0.15) is 5.69 Å². The Balaban J connectivity index is 1.54. The molecule has 21 heavy (non-hydrogen) atoms. The van der Waals surface area contributed by atoms with Gasteiger partial charge in [0, 0.05) is 16.8 Å². The van der Waals surface area contributed by atoms with Crippen molar-refractivity contribution in [2.24, 2.45) is 0 Å². The fourth-order valence-corrected chi connectivity index (χ4v) is 4.35. The van der Waals surface area contributed by atoms with E-state index in [-0.39, 0.29) is 11.3 Å². The molecule has 1 spiro atoms. The average molecular weight is 307 g/mol. The molecule has 1 atom stereocenters. The summed E-state index contributed by atoms with van der Waals surface area (Å²) in [5.74, 6) is -0.0825. The summed E-state index contributed by atoms with van der Waals surface area (Å²) >= 11 is 1.67. The Morgan fingerprint density at radius 2 is 2.19 bits per heavy atom. The Bertz CT molecular complexity index is 514. The molecule has 1 aliphatic carbocycles. The van der Waals surface area contributed by atoms with E-state index < -0.39 is 5.97 Å². The van der Waals surface area contributed by atoms with Crippen LogP contribution < -0.4 is 0 Å². The number of carboxylic acid groups (broad SMARTS) is 1. The zero-order valence-corrected chi connectivity index (χ0v) is 12.9. The van der Waals surface area contributed by atoms with Crippen LogP contribution in [0.25, 0.3) is 0 Å². The van der Waals surface area contributed by atoms with Crippen molar-refractivity contribution in [1.82, 2.24) is 4.98 Å². The van der Waals surface area contributed by atoms with Crippen molar-refractivity contribution in [3.8, 4) is 0 Å². The van der Waals surface area contributed by atoms with E-state index in [0.717, 1.165) is 17.1 Å². The zero-order chi connectivity index (χ0) is 14.7. The van der Waals surface area contributed by atoms with Gasteiger partial charge in [-0.3, -0.25) is 0 Å². The van der Waals surface area contributed by atoms with E-state index in [2.05, 4.69) is 4.98 Å². The smallest absolute Gasteiger partial charge is 0.354 e. The van der Waals surface area contributed by atoms with Crippen LogP contribution in [0.3, 0.4) is 0 Å². The molecule has 2 aliphatic rings. The van der Waals surface area contributed by atoms with Crippen LogP contribution in [-0.4, -0.2) is 33.5 Å². The highest BCUT2D eigenvalue weighted by molar-refractivity contribution is 7.99. The molecule has 1 aromatic rings. The monoisotopic (exact) mass is 307 g/mol. The molecule has 0 bridgehead atoms. The molecule has 1 aliphatic heterocycles. The summed E-state index contributed by atoms with van der Waals surface area (Å²) in [5, 5.41) is 8.96. The number of aromatic carboxylic acids is 1. The SMILES string of the molecule is O=C(O)c1cc(SCC2CCC3(CCCCC3)O2)ccn1. The van der Waals surface area contributed by atoms with E-state index >= 15 is 0 Å². The summed E-state index contributed by atoms with van der Waals surface area (Å²) in [7, 11) is 0. The van der Waals surface area contributed by atoms with Crippen molar-refractivity contribution in [3.63, 3.8) is 0 Å². The van der Waals surface area contributed by atoms with Crippen LogP contribution in [0.1, 0.15) is 55.4 Å². The number of pyridine rings is 1. The van der Waals surface area contributed by atoms with Gasteiger partial charge in [-0.15, -0.1) is 11.8 Å². The molecule has 114 valence electrons. The van der Waals surface area contributed by atoms with Gasteiger partial charge in [-0.05, 0) is 37.8 Å². The van der Waals surface area contributed by atoms with Gasteiger partial charge in [-0.25, -0.2) is 9.78 Å². The molecule has 5 heteroatoms. The second-order valence-electron chi connectivity index (χ2n) is 6.02. The van der Waals surface area contributed by atoms with Crippen molar-refractivity contribution in [3.05, 3.63) is 24.0 Å². The van der Waals surface area contributed by atoms with Crippen LogP contribution >= 0.6 is 11.8 Å². The van der Waals surface area contributed by atoms with E-state index in [1.54, 1.807) is 24.0 Å². The number of hydrogen-bond donors (Lipinski definition) is 1. The Morgan fingerprint density at radius 3 is 2.95 bits per heavy atom. The first-order valence-corrected chi connectivity index (χ1v) is 8.65. The summed E-state index contributed by atoms with van der Waals surface area (Å²) in [5.41, 5.74) is 0.268. The average Bonchev–Trinajstić information content (AvgIpc) is 2.89. The fourth-order valence-electron chi connectivity index (χ4n) is 3.38. The Morgan fingerprint density at radius 1 is 1.38 bits per heavy atom. The second kappa shape index (κ2) is 6.36. The first kappa shape index (κ1) is 14.9. The predicted molar refractivity (Wildman–Crippen MR) is 81.8 cm³/mol. The maximum atomic E-state index is 10.9. The van der Waals surface area contributed by atoms with Gasteiger partial charge in [0.15, 0.2) is 0 Å². The first-order valence-electron chi connectivity index (χ1n) is 7.67. The summed E-state index contributed by atoms with van der Waals surface area (Å²) in [6, 6.07) is 3.50. The number of ether oxygens (including phenoxy) is 1. The first-order chi connectivity index (χ1) is 10.2. The number of hydrogen-bond acceptors (Lipinski definition) is 4. The topological polar surface area (TPSA) is 59.4 Å². The number of rotatable bonds is 4. The van der Waals surface area contributed by atoms with E-state index in [0.29, 0.717) is 6.10 Å². The van der Waals surface area contributed by atoms with Crippen LogP contribution in [0.4, 0.5) is 0 Å². The third-order valence-electron chi connectivity index (χ3n) is 4.49. The highest BCUT2D eigenvalue weighted by Gasteiger charge is 2.40. The van der Waals surface area contributed by atoms with Crippen LogP contribution in [-0.2, 0) is 4.74 Å². The lowest BCUT2D eigenvalue weighted by Gasteiger charge is -2.33. The van der Waals surface area contributed by atoms with Crippen molar-refractivity contribution in [2.75, 3.05) is 5.75 Å². The molecule has 0 aromatic carbocycles. The third kappa shape index (κ3) is 3.58. The summed E-state index contributed by atoms with van der Waals surface area (Å²) in [4.78, 5) is 15.7. The van der Waals surface area contributed by atoms with Crippen molar-refractivity contribution < 1.29 is 14.6 Å². The third-order valence-corrected chi connectivity index (χ3v) is 5.62. The normalized spacial score (nSPS) is 24.3. The molecule has 1 saturated heterocycles. The van der Waals surface area contributed by atoms with Gasteiger partial charge in [0.25, 0.3) is 0 Å². The Kier molecular flexibility index (Phi) is 4.50. The van der Waals surface area contributed by atoms with Gasteiger partial charge < -0.3 is 9.84 Å². The van der Waals surface area contributed by atoms with E-state index in [4.69, 9.17) is 9.84 Å². The molecule has 1 saturated carbocycles. The molecule has 0 amide bonds. The summed E-state index contributed by atoms with van der Waals surface area (Å²) in [6.07, 6.45) is 10.6. The number of thioether (sulfide) groups is 1. The maximum Gasteiger partial charge on any atom is 0.354 e. The van der Waals surface area contributed by atoms with Crippen LogP contribution in [0.15, 0.2) is 23.2 Å². The summed E-state index contributed by atoms with van der Waals surface area (Å²) in [6.45, 7) is 0. The van der Waals surface area contributed by atoms with E-state index in [9.17, 15) is 4.79 Å². The molecule has 2 heterocycles. The highest BCUT2D eigenvalue weighted by Crippen LogP contribution is 2.42. The van der Waals surface area contributed by atoms with Crippen molar-refractivity contribution in [1.29, 1.82) is 0 Å². The zero-order valence-electron chi connectivity index (χ0n) is 12.1. The van der Waals surface area contributed by atoms with E-state index in [1.165, 1.54) is 38.5 Å². The maximum absolute atomic E-state index is 10.9. The number of carboxylic acids is 1. The molecule has 0 radical (unpaired) electrons.